The fourth-order valence-corrected chi connectivity index (χ4v) is 3.45. The van der Waals surface area contributed by atoms with Crippen LogP contribution in [0, 0.1) is 11.6 Å². The topological polar surface area (TPSA) is 21.3 Å². The molecule has 0 aromatic heterocycles. The molecule has 0 atom stereocenters. The average molecular weight is 341 g/mol. The minimum atomic E-state index is -0.837. The van der Waals surface area contributed by atoms with Crippen molar-refractivity contribution >= 4 is 17.4 Å². The van der Waals surface area contributed by atoms with Crippen LogP contribution in [0.1, 0.15) is 5.56 Å². The third kappa shape index (κ3) is 2.83. The highest BCUT2D eigenvalue weighted by Gasteiger charge is 2.17. The van der Waals surface area contributed by atoms with Gasteiger partial charge >= 0.3 is 0 Å². The molecule has 0 bridgehead atoms. The maximum absolute atomic E-state index is 13.7. The summed E-state index contributed by atoms with van der Waals surface area (Å²) in [5, 5.41) is 3.11. The van der Waals surface area contributed by atoms with Crippen molar-refractivity contribution in [3.8, 4) is 11.5 Å². The van der Waals surface area contributed by atoms with Crippen LogP contribution < -0.4 is 10.1 Å². The molecule has 4 rings (SSSR count). The molecule has 5 heteroatoms. The molecule has 2 nitrogen and oxygen atoms in total. The van der Waals surface area contributed by atoms with Crippen LogP contribution >= 0.6 is 11.8 Å². The summed E-state index contributed by atoms with van der Waals surface area (Å²) in [6, 6.07) is 17.7. The van der Waals surface area contributed by atoms with Gasteiger partial charge in [-0.1, -0.05) is 36.0 Å². The molecule has 1 aliphatic heterocycles. The molecule has 0 radical (unpaired) electrons. The normalized spacial score (nSPS) is 12.1. The van der Waals surface area contributed by atoms with Gasteiger partial charge in [0.25, 0.3) is 0 Å². The molecule has 0 saturated carbocycles. The molecule has 0 unspecified atom stereocenters. The predicted molar refractivity (Wildman–Crippen MR) is 90.8 cm³/mol. The van der Waals surface area contributed by atoms with E-state index in [2.05, 4.69) is 5.32 Å². The van der Waals surface area contributed by atoms with Gasteiger partial charge in [-0.3, -0.25) is 0 Å². The Morgan fingerprint density at radius 3 is 2.62 bits per heavy atom. The van der Waals surface area contributed by atoms with E-state index in [9.17, 15) is 8.78 Å². The number of anilines is 1. The van der Waals surface area contributed by atoms with E-state index in [4.69, 9.17) is 4.74 Å². The highest BCUT2D eigenvalue weighted by Crippen LogP contribution is 2.47. The van der Waals surface area contributed by atoms with Gasteiger partial charge in [0.05, 0.1) is 9.79 Å². The van der Waals surface area contributed by atoms with Gasteiger partial charge in [-0.15, -0.1) is 0 Å². The number of fused-ring (bicyclic) bond motifs is 2. The van der Waals surface area contributed by atoms with Crippen LogP contribution in [0.2, 0.25) is 0 Å². The number of nitrogens with one attached hydrogen (secondary N) is 1. The Morgan fingerprint density at radius 1 is 0.875 bits per heavy atom. The van der Waals surface area contributed by atoms with E-state index in [1.54, 1.807) is 17.8 Å². The summed E-state index contributed by atoms with van der Waals surface area (Å²) < 4.78 is 32.9. The van der Waals surface area contributed by atoms with Crippen molar-refractivity contribution < 1.29 is 13.5 Å². The molecule has 3 aromatic carbocycles. The first kappa shape index (κ1) is 15.0. The summed E-state index contributed by atoms with van der Waals surface area (Å²) >= 11 is 1.65. The highest BCUT2D eigenvalue weighted by molar-refractivity contribution is 7.99. The fraction of sp³-hybridized carbons (Fsp3) is 0.0526. The Hall–Kier alpha value is -2.53. The van der Waals surface area contributed by atoms with Crippen LogP contribution in [0.3, 0.4) is 0 Å². The minimum Gasteiger partial charge on any atom is -0.455 e. The largest absolute Gasteiger partial charge is 0.455 e. The second-order valence-electron chi connectivity index (χ2n) is 5.38. The van der Waals surface area contributed by atoms with Crippen molar-refractivity contribution in [1.29, 1.82) is 0 Å². The van der Waals surface area contributed by atoms with Gasteiger partial charge in [0, 0.05) is 23.9 Å². The summed E-state index contributed by atoms with van der Waals surface area (Å²) in [7, 11) is 0. The van der Waals surface area contributed by atoms with Crippen LogP contribution in [-0.2, 0) is 6.54 Å². The molecule has 1 aliphatic rings. The van der Waals surface area contributed by atoms with Crippen LogP contribution in [0.5, 0.6) is 11.5 Å². The van der Waals surface area contributed by atoms with Crippen molar-refractivity contribution in [3.05, 3.63) is 77.9 Å². The average Bonchev–Trinajstić information content (AvgIpc) is 2.61. The van der Waals surface area contributed by atoms with E-state index >= 15 is 0 Å². The Morgan fingerprint density at radius 2 is 1.71 bits per heavy atom. The van der Waals surface area contributed by atoms with Gasteiger partial charge in [-0.05, 0) is 30.3 Å². The second-order valence-corrected chi connectivity index (χ2v) is 6.46. The lowest BCUT2D eigenvalue weighted by Gasteiger charge is -2.20. The first-order valence-corrected chi connectivity index (χ1v) is 8.28. The van der Waals surface area contributed by atoms with Gasteiger partial charge in [0.2, 0.25) is 0 Å². The number of hydrogen-bond acceptors (Lipinski definition) is 3. The second kappa shape index (κ2) is 6.17. The first-order valence-electron chi connectivity index (χ1n) is 7.46. The molecule has 1 heterocycles. The molecule has 0 amide bonds. The number of para-hydroxylation sites is 1. The Balaban J connectivity index is 1.53. The van der Waals surface area contributed by atoms with Gasteiger partial charge in [-0.25, -0.2) is 8.78 Å². The maximum atomic E-state index is 13.7. The van der Waals surface area contributed by atoms with E-state index in [0.29, 0.717) is 0 Å². The predicted octanol–water partition coefficient (Wildman–Crippen LogP) is 5.83. The standard InChI is InChI=1S/C19H13F2NOS/c20-14-5-3-4-12(19(14)21)11-22-13-8-9-18-16(10-13)23-15-6-1-2-7-17(15)24-18/h1-10,22H,11H2. The minimum absolute atomic E-state index is 0.201. The molecular formula is C19H13F2NOS. The first-order chi connectivity index (χ1) is 11.7. The SMILES string of the molecule is Fc1cccc(CNc2ccc3c(c2)Oc2ccccc2S3)c1F. The van der Waals surface area contributed by atoms with E-state index in [0.717, 1.165) is 33.0 Å². The molecule has 3 aromatic rings. The van der Waals surface area contributed by atoms with Crippen LogP contribution in [0.25, 0.3) is 0 Å². The van der Waals surface area contributed by atoms with Gasteiger partial charge < -0.3 is 10.1 Å². The number of hydrogen-bond donors (Lipinski definition) is 1. The van der Waals surface area contributed by atoms with Crippen LogP contribution in [-0.4, -0.2) is 0 Å². The van der Waals surface area contributed by atoms with Gasteiger partial charge in [-0.2, -0.15) is 0 Å². The number of benzene rings is 3. The summed E-state index contributed by atoms with van der Waals surface area (Å²) in [6.45, 7) is 0.201. The van der Waals surface area contributed by atoms with E-state index in [-0.39, 0.29) is 12.1 Å². The Labute approximate surface area is 142 Å². The van der Waals surface area contributed by atoms with Crippen molar-refractivity contribution in [2.24, 2.45) is 0 Å². The quantitative estimate of drug-likeness (QED) is 0.506. The van der Waals surface area contributed by atoms with E-state index in [1.807, 2.05) is 42.5 Å². The maximum Gasteiger partial charge on any atom is 0.163 e. The molecule has 24 heavy (non-hydrogen) atoms. The van der Waals surface area contributed by atoms with E-state index in [1.165, 1.54) is 6.07 Å². The lowest BCUT2D eigenvalue weighted by Crippen LogP contribution is -2.04. The summed E-state index contributed by atoms with van der Waals surface area (Å²) in [6.07, 6.45) is 0. The monoisotopic (exact) mass is 341 g/mol. The third-order valence-corrected chi connectivity index (χ3v) is 4.86. The zero-order valence-electron chi connectivity index (χ0n) is 12.6. The number of rotatable bonds is 3. The lowest BCUT2D eigenvalue weighted by molar-refractivity contribution is 0.455. The summed E-state index contributed by atoms with van der Waals surface area (Å²) in [4.78, 5) is 2.10. The van der Waals surface area contributed by atoms with Crippen molar-refractivity contribution in [1.82, 2.24) is 0 Å². The van der Waals surface area contributed by atoms with Crippen LogP contribution in [0.4, 0.5) is 14.5 Å². The van der Waals surface area contributed by atoms with Crippen molar-refractivity contribution in [3.63, 3.8) is 0 Å². The molecule has 0 aliphatic carbocycles. The molecule has 120 valence electrons. The zero-order chi connectivity index (χ0) is 16.5. The lowest BCUT2D eigenvalue weighted by atomic mass is 10.2. The highest BCUT2D eigenvalue weighted by atomic mass is 32.2. The fourth-order valence-electron chi connectivity index (χ4n) is 2.52. The zero-order valence-corrected chi connectivity index (χ0v) is 13.4. The van der Waals surface area contributed by atoms with Gasteiger partial charge in [0.15, 0.2) is 11.6 Å². The van der Waals surface area contributed by atoms with Gasteiger partial charge in [0.1, 0.15) is 11.5 Å². The Kier molecular flexibility index (Phi) is 3.86. The molecule has 1 N–H and O–H groups in total. The summed E-state index contributed by atoms with van der Waals surface area (Å²) in [5.74, 6) is -0.0773. The van der Waals surface area contributed by atoms with Crippen molar-refractivity contribution in [2.75, 3.05) is 5.32 Å². The molecular weight excluding hydrogens is 328 g/mol. The van der Waals surface area contributed by atoms with Crippen molar-refractivity contribution in [2.45, 2.75) is 16.3 Å². The summed E-state index contributed by atoms with van der Waals surface area (Å²) in [5.41, 5.74) is 1.07. The molecule has 0 spiro atoms. The Bertz CT molecular complexity index is 914. The molecule has 0 fully saturated rings. The molecule has 0 saturated heterocycles. The third-order valence-electron chi connectivity index (χ3n) is 3.75. The van der Waals surface area contributed by atoms with Crippen LogP contribution in [0.15, 0.2) is 70.5 Å². The smallest absolute Gasteiger partial charge is 0.163 e. The number of halogens is 2. The number of ether oxygens (including phenoxy) is 1. The van der Waals surface area contributed by atoms with E-state index < -0.39 is 11.6 Å².